The van der Waals surface area contributed by atoms with Gasteiger partial charge in [-0.1, -0.05) is 0 Å². The first-order valence-corrected chi connectivity index (χ1v) is 6.24. The van der Waals surface area contributed by atoms with Gasteiger partial charge in [0.05, 0.1) is 26.7 Å². The van der Waals surface area contributed by atoms with Crippen molar-refractivity contribution in [2.75, 3.05) is 26.7 Å². The first-order valence-electron chi connectivity index (χ1n) is 6.24. The topological polar surface area (TPSA) is 81.2 Å². The lowest BCUT2D eigenvalue weighted by atomic mass is 10.4. The second-order valence-electron chi connectivity index (χ2n) is 4.80. The lowest BCUT2D eigenvalue weighted by Gasteiger charge is -2.41. The summed E-state index contributed by atoms with van der Waals surface area (Å²) in [6, 6.07) is 0. The molecular weight excluding hydrogens is 264 g/mol. The van der Waals surface area contributed by atoms with Crippen molar-refractivity contribution >= 4 is 23.6 Å². The van der Waals surface area contributed by atoms with Crippen molar-refractivity contribution in [1.29, 1.82) is 0 Å². The zero-order valence-corrected chi connectivity index (χ0v) is 12.3. The molecule has 1 aliphatic rings. The van der Waals surface area contributed by atoms with Gasteiger partial charge >= 0.3 is 0 Å². The number of carbonyl (C=O) groups is 4. The molecule has 4 amide bonds. The summed E-state index contributed by atoms with van der Waals surface area (Å²) >= 11 is 0. The normalized spacial score (nSPS) is 16.6. The average Bonchev–Trinajstić information content (AvgIpc) is 2.26. The van der Waals surface area contributed by atoms with E-state index in [1.54, 1.807) is 0 Å². The van der Waals surface area contributed by atoms with E-state index in [0.717, 1.165) is 0 Å². The van der Waals surface area contributed by atoms with Gasteiger partial charge in [-0.05, 0) is 0 Å². The minimum absolute atomic E-state index is 0.0538. The van der Waals surface area contributed by atoms with Crippen molar-refractivity contribution in [1.82, 2.24) is 19.6 Å². The molecule has 0 atom stereocenters. The molecule has 20 heavy (non-hydrogen) atoms. The third-order valence-corrected chi connectivity index (χ3v) is 3.15. The van der Waals surface area contributed by atoms with Crippen LogP contribution in [0.2, 0.25) is 0 Å². The van der Waals surface area contributed by atoms with E-state index in [-0.39, 0.29) is 50.3 Å². The lowest BCUT2D eigenvalue weighted by Crippen LogP contribution is -2.58. The molecule has 0 aromatic rings. The molecular formula is C12H20N4O4. The fourth-order valence-corrected chi connectivity index (χ4v) is 1.80. The van der Waals surface area contributed by atoms with Crippen LogP contribution in [-0.4, -0.2) is 69.9 Å². The van der Waals surface area contributed by atoms with Crippen LogP contribution in [0.1, 0.15) is 27.7 Å². The Hall–Kier alpha value is -2.12. The summed E-state index contributed by atoms with van der Waals surface area (Å²) < 4.78 is 0. The Kier molecular flexibility index (Phi) is 5.06. The van der Waals surface area contributed by atoms with Crippen LogP contribution in [0.3, 0.4) is 0 Å². The number of carbonyl (C=O) groups excluding carboxylic acids is 4. The van der Waals surface area contributed by atoms with E-state index >= 15 is 0 Å². The largest absolute Gasteiger partial charge is 0.307 e. The van der Waals surface area contributed by atoms with Crippen molar-refractivity contribution in [2.45, 2.75) is 27.7 Å². The molecule has 8 heteroatoms. The van der Waals surface area contributed by atoms with Crippen LogP contribution >= 0.6 is 0 Å². The molecule has 1 heterocycles. The van der Waals surface area contributed by atoms with E-state index in [1.165, 1.54) is 47.3 Å². The second kappa shape index (κ2) is 6.36. The summed E-state index contributed by atoms with van der Waals surface area (Å²) in [5.41, 5.74) is 0. The van der Waals surface area contributed by atoms with Crippen LogP contribution < -0.4 is 0 Å². The Morgan fingerprint density at radius 1 is 0.500 bits per heavy atom. The summed E-state index contributed by atoms with van der Waals surface area (Å²) in [4.78, 5) is 51.9. The molecule has 0 bridgehead atoms. The smallest absolute Gasteiger partial charge is 0.222 e. The highest BCUT2D eigenvalue weighted by atomic mass is 16.2. The third-order valence-electron chi connectivity index (χ3n) is 3.15. The average molecular weight is 284 g/mol. The molecule has 0 aromatic carbocycles. The Balaban J connectivity index is 3.02. The van der Waals surface area contributed by atoms with Crippen molar-refractivity contribution < 1.29 is 19.2 Å². The maximum atomic E-state index is 11.6. The molecule has 112 valence electrons. The molecule has 0 unspecified atom stereocenters. The van der Waals surface area contributed by atoms with Crippen LogP contribution in [0.25, 0.3) is 0 Å². The van der Waals surface area contributed by atoms with Crippen LogP contribution in [-0.2, 0) is 19.2 Å². The van der Waals surface area contributed by atoms with E-state index < -0.39 is 0 Å². The molecule has 1 fully saturated rings. The van der Waals surface area contributed by atoms with Gasteiger partial charge in [0, 0.05) is 27.7 Å². The summed E-state index contributed by atoms with van der Waals surface area (Å²) in [5, 5.41) is 0. The summed E-state index contributed by atoms with van der Waals surface area (Å²) in [7, 11) is 0. The van der Waals surface area contributed by atoms with Gasteiger partial charge in [-0.2, -0.15) is 0 Å². The van der Waals surface area contributed by atoms with Gasteiger partial charge < -0.3 is 19.6 Å². The van der Waals surface area contributed by atoms with Crippen molar-refractivity contribution in [3.05, 3.63) is 0 Å². The van der Waals surface area contributed by atoms with Gasteiger partial charge in [-0.15, -0.1) is 0 Å². The molecule has 0 radical (unpaired) electrons. The van der Waals surface area contributed by atoms with E-state index in [9.17, 15) is 19.2 Å². The number of amides is 4. The first kappa shape index (κ1) is 15.9. The van der Waals surface area contributed by atoms with E-state index in [2.05, 4.69) is 0 Å². The van der Waals surface area contributed by atoms with E-state index in [1.807, 2.05) is 0 Å². The summed E-state index contributed by atoms with van der Waals surface area (Å²) in [5.74, 6) is -0.949. The van der Waals surface area contributed by atoms with E-state index in [4.69, 9.17) is 0 Å². The molecule has 1 aliphatic heterocycles. The lowest BCUT2D eigenvalue weighted by molar-refractivity contribution is -0.154. The molecule has 0 aliphatic carbocycles. The van der Waals surface area contributed by atoms with Crippen LogP contribution in [0.15, 0.2) is 0 Å². The van der Waals surface area contributed by atoms with Gasteiger partial charge in [0.15, 0.2) is 0 Å². The van der Waals surface area contributed by atoms with Gasteiger partial charge in [-0.3, -0.25) is 19.2 Å². The van der Waals surface area contributed by atoms with Crippen LogP contribution in [0, 0.1) is 0 Å². The molecule has 8 nitrogen and oxygen atoms in total. The number of nitrogens with zero attached hydrogens (tertiary/aromatic N) is 4. The highest BCUT2D eigenvalue weighted by Crippen LogP contribution is 2.08. The Labute approximate surface area is 117 Å². The van der Waals surface area contributed by atoms with Gasteiger partial charge in [-0.25, -0.2) is 0 Å². The van der Waals surface area contributed by atoms with Crippen molar-refractivity contribution in [2.24, 2.45) is 0 Å². The molecule has 1 saturated heterocycles. The number of hydrogen-bond acceptors (Lipinski definition) is 4. The van der Waals surface area contributed by atoms with Gasteiger partial charge in [0.1, 0.15) is 0 Å². The molecule has 0 saturated carbocycles. The molecule has 0 aromatic heterocycles. The minimum atomic E-state index is -0.237. The molecule has 0 N–H and O–H groups in total. The van der Waals surface area contributed by atoms with Crippen molar-refractivity contribution in [3.8, 4) is 0 Å². The Morgan fingerprint density at radius 2 is 0.650 bits per heavy atom. The van der Waals surface area contributed by atoms with E-state index in [0.29, 0.717) is 0 Å². The maximum absolute atomic E-state index is 11.6. The Bertz CT molecular complexity index is 349. The third kappa shape index (κ3) is 3.94. The van der Waals surface area contributed by atoms with Gasteiger partial charge in [0.25, 0.3) is 0 Å². The van der Waals surface area contributed by atoms with Crippen LogP contribution in [0.5, 0.6) is 0 Å². The molecule has 0 spiro atoms. The quantitative estimate of drug-likeness (QED) is 0.584. The fraction of sp³-hybridized carbons (Fsp3) is 0.667. The highest BCUT2D eigenvalue weighted by molar-refractivity contribution is 5.79. The number of rotatable bonds is 0. The fourth-order valence-electron chi connectivity index (χ4n) is 1.80. The predicted molar refractivity (Wildman–Crippen MR) is 69.5 cm³/mol. The minimum Gasteiger partial charge on any atom is -0.307 e. The maximum Gasteiger partial charge on any atom is 0.222 e. The number of hydrogen-bond donors (Lipinski definition) is 0. The SMILES string of the molecule is CC(=O)N1CN(C(C)=O)CN(C(C)=O)CN(C(C)=O)C1. The predicted octanol–water partition coefficient (Wildman–Crippen LogP) is -0.776. The zero-order valence-electron chi connectivity index (χ0n) is 12.3. The standard InChI is InChI=1S/C12H20N4O4/c1-9(17)13-5-14(10(2)18)7-16(12(4)20)8-15(6-13)11(3)19/h5-8H2,1-4H3. The van der Waals surface area contributed by atoms with Gasteiger partial charge in [0.2, 0.25) is 23.6 Å². The monoisotopic (exact) mass is 284 g/mol. The Morgan fingerprint density at radius 3 is 0.750 bits per heavy atom. The molecule has 1 rings (SSSR count). The summed E-state index contributed by atoms with van der Waals surface area (Å²) in [6.45, 7) is 5.72. The highest BCUT2D eigenvalue weighted by Gasteiger charge is 2.27. The second-order valence-corrected chi connectivity index (χ2v) is 4.80. The van der Waals surface area contributed by atoms with Crippen LogP contribution in [0.4, 0.5) is 0 Å². The summed E-state index contributed by atoms with van der Waals surface area (Å²) in [6.07, 6.45) is 0. The zero-order chi connectivity index (χ0) is 15.4. The van der Waals surface area contributed by atoms with Crippen molar-refractivity contribution in [3.63, 3.8) is 0 Å². The first-order chi connectivity index (χ1) is 9.22.